The van der Waals surface area contributed by atoms with Crippen molar-refractivity contribution in [1.29, 1.82) is 0 Å². The van der Waals surface area contributed by atoms with E-state index in [1.807, 2.05) is 0 Å². The van der Waals surface area contributed by atoms with Gasteiger partial charge in [-0.2, -0.15) is 0 Å². The molecule has 0 aliphatic carbocycles. The van der Waals surface area contributed by atoms with Gasteiger partial charge in [-0.15, -0.1) is 0 Å². The van der Waals surface area contributed by atoms with E-state index >= 15 is 0 Å². The van der Waals surface area contributed by atoms with Gasteiger partial charge in [-0.05, 0) is 0 Å². The maximum absolute atomic E-state index is 9.81. The zero-order valence-corrected chi connectivity index (χ0v) is 4.96. The fraction of sp³-hybridized carbons (Fsp3) is 0. The fourth-order valence-corrected chi connectivity index (χ4v) is 0.146. The van der Waals surface area contributed by atoms with E-state index in [1.54, 1.807) is 0 Å². The van der Waals surface area contributed by atoms with Crippen molar-refractivity contribution in [2.75, 3.05) is 0 Å². The Morgan fingerprint density at radius 3 is 1.58 bits per heavy atom. The second-order valence-corrected chi connectivity index (χ2v) is 1.04. The van der Waals surface area contributed by atoms with Crippen LogP contribution in [0.1, 0.15) is 0 Å². The summed E-state index contributed by atoms with van der Waals surface area (Å²) in [4.78, 5) is 19.3. The number of aliphatic carboxylic acids is 1. The summed E-state index contributed by atoms with van der Waals surface area (Å²) < 4.78 is 3.38. The van der Waals surface area contributed by atoms with Gasteiger partial charge in [-0.3, -0.25) is 9.41 Å². The van der Waals surface area contributed by atoms with Crippen molar-refractivity contribution in [3.63, 3.8) is 0 Å². The van der Waals surface area contributed by atoms with Crippen LogP contribution >= 0.6 is 0 Å². The molecule has 0 aliphatic rings. The molecule has 10 heteroatoms. The van der Waals surface area contributed by atoms with Crippen LogP contribution in [0.25, 0.3) is 0 Å². The average Bonchev–Trinajstić information content (AvgIpc) is 1.63. The van der Waals surface area contributed by atoms with E-state index in [1.165, 1.54) is 0 Å². The van der Waals surface area contributed by atoms with Crippen LogP contribution in [-0.2, 0) is 14.2 Å². The zero-order chi connectivity index (χ0) is 7.44. The molecule has 0 saturated carbocycles. The Hall–Kier alpha value is -0.215. The first kappa shape index (κ1) is 22.6. The average molecular weight is 198 g/mol. The number of rotatable bonds is 1. The first-order valence-electron chi connectivity index (χ1n) is 1.84. The Balaban J connectivity index is -0.000000107. The third-order valence-corrected chi connectivity index (χ3v) is 0.387. The molecule has 0 aliphatic heterocycles. The van der Waals surface area contributed by atoms with Crippen LogP contribution in [-0.4, -0.2) is 64.0 Å². The number of hydrogen-bond donors (Lipinski definition) is 3. The van der Waals surface area contributed by atoms with Gasteiger partial charge >= 0.3 is 48.8 Å². The number of carbonyl (C=O) groups excluding carboxylic acids is 1. The van der Waals surface area contributed by atoms with Gasteiger partial charge in [0.1, 0.15) is 0 Å². The van der Waals surface area contributed by atoms with E-state index in [9.17, 15) is 9.59 Å². The van der Waals surface area contributed by atoms with Crippen molar-refractivity contribution in [2.24, 2.45) is 0 Å². The van der Waals surface area contributed by atoms with Gasteiger partial charge in [0.05, 0.1) is 0 Å². The summed E-state index contributed by atoms with van der Waals surface area (Å²) in [5.41, 5.74) is 0. The predicted octanol–water partition coefficient (Wildman–Crippen LogP) is -2.76. The molecule has 0 aromatic heterocycles. The second kappa shape index (κ2) is 10.8. The van der Waals surface area contributed by atoms with E-state index in [0.29, 0.717) is 0 Å². The van der Waals surface area contributed by atoms with Crippen molar-refractivity contribution >= 4 is 48.8 Å². The standard InChI is InChI=1S/C2H3BO6.2FH.Na.H/c4-1(5)2(6)9-3(7)8;;;;/h7-8H,(H,4,5);2*1H;;. The Morgan fingerprint density at radius 1 is 1.17 bits per heavy atom. The molecular weight excluding hydrogens is 192 g/mol. The molecule has 0 atom stereocenters. The van der Waals surface area contributed by atoms with Crippen LogP contribution in [0.4, 0.5) is 9.41 Å². The molecule has 0 rings (SSSR count). The summed E-state index contributed by atoms with van der Waals surface area (Å²) in [6.45, 7) is 0. The SMILES string of the molecule is F.F.O=C(O)C(=O)OB(O)O.[NaH]. The predicted molar refractivity (Wildman–Crippen MR) is 36.1 cm³/mol. The minimum atomic E-state index is -2.37. The molecule has 6 nitrogen and oxygen atoms in total. The molecule has 0 heterocycles. The maximum atomic E-state index is 9.81. The van der Waals surface area contributed by atoms with Gasteiger partial charge in [0.15, 0.2) is 0 Å². The van der Waals surface area contributed by atoms with Crippen LogP contribution in [0.2, 0.25) is 0 Å². The van der Waals surface area contributed by atoms with Crippen molar-refractivity contribution in [2.45, 2.75) is 0 Å². The summed E-state index contributed by atoms with van der Waals surface area (Å²) in [6, 6.07) is 0. The molecule has 0 aromatic rings. The minimum absolute atomic E-state index is 0. The van der Waals surface area contributed by atoms with E-state index in [4.69, 9.17) is 15.2 Å². The van der Waals surface area contributed by atoms with Crippen molar-refractivity contribution in [1.82, 2.24) is 0 Å². The third kappa shape index (κ3) is 12.5. The van der Waals surface area contributed by atoms with Crippen LogP contribution in [0.5, 0.6) is 0 Å². The molecule has 12 heavy (non-hydrogen) atoms. The van der Waals surface area contributed by atoms with Gasteiger partial charge in [-0.1, -0.05) is 0 Å². The zero-order valence-electron chi connectivity index (χ0n) is 4.96. The first-order chi connectivity index (χ1) is 4.04. The summed E-state index contributed by atoms with van der Waals surface area (Å²) >= 11 is 0. The number of carboxylic acid groups (broad SMARTS) is 1. The molecule has 0 unspecified atom stereocenters. The van der Waals surface area contributed by atoms with E-state index < -0.39 is 19.3 Å². The van der Waals surface area contributed by atoms with Gasteiger partial charge < -0.3 is 19.8 Å². The molecule has 0 saturated heterocycles. The summed E-state index contributed by atoms with van der Waals surface area (Å²) in [5.74, 6) is -3.58. The third-order valence-electron chi connectivity index (χ3n) is 0.387. The monoisotopic (exact) mass is 198 g/mol. The first-order valence-corrected chi connectivity index (χ1v) is 1.84. The van der Waals surface area contributed by atoms with Gasteiger partial charge in [-0.25, -0.2) is 9.59 Å². The van der Waals surface area contributed by atoms with E-state index in [-0.39, 0.29) is 39.0 Å². The van der Waals surface area contributed by atoms with Crippen molar-refractivity contribution < 1.29 is 38.8 Å². The quantitative estimate of drug-likeness (QED) is 0.311. The topological polar surface area (TPSA) is 104 Å². The van der Waals surface area contributed by atoms with Crippen LogP contribution in [0, 0.1) is 0 Å². The summed E-state index contributed by atoms with van der Waals surface area (Å²) in [5, 5.41) is 23.4. The fourth-order valence-electron chi connectivity index (χ4n) is 0.146. The molecule has 0 aromatic carbocycles. The molecule has 0 bridgehead atoms. The van der Waals surface area contributed by atoms with E-state index in [0.717, 1.165) is 0 Å². The molecule has 3 N–H and O–H groups in total. The normalized spacial score (nSPS) is 6.17. The molecule has 0 amide bonds. The van der Waals surface area contributed by atoms with Crippen LogP contribution < -0.4 is 0 Å². The Morgan fingerprint density at radius 2 is 1.50 bits per heavy atom. The van der Waals surface area contributed by atoms with Gasteiger partial charge in [0.2, 0.25) is 0 Å². The van der Waals surface area contributed by atoms with Gasteiger partial charge in [0.25, 0.3) is 0 Å². The van der Waals surface area contributed by atoms with Crippen molar-refractivity contribution in [3.05, 3.63) is 0 Å². The molecule has 0 spiro atoms. The molecule has 0 radical (unpaired) electrons. The summed E-state index contributed by atoms with van der Waals surface area (Å²) in [6.07, 6.45) is 0. The summed E-state index contributed by atoms with van der Waals surface area (Å²) in [7, 11) is -2.37. The number of hydrogen-bond acceptors (Lipinski definition) is 5. The second-order valence-electron chi connectivity index (χ2n) is 1.04. The molecular formula is C2H6BF2NaO6. The number of halogens is 2. The number of carboxylic acids is 1. The number of carbonyl (C=O) groups is 2. The Kier molecular flexibility index (Phi) is 20.3. The molecule has 0 fully saturated rings. The van der Waals surface area contributed by atoms with Crippen molar-refractivity contribution in [3.8, 4) is 0 Å². The van der Waals surface area contributed by atoms with E-state index in [2.05, 4.69) is 4.65 Å². The van der Waals surface area contributed by atoms with Crippen LogP contribution in [0.3, 0.4) is 0 Å². The Labute approximate surface area is 87.7 Å². The van der Waals surface area contributed by atoms with Crippen LogP contribution in [0.15, 0.2) is 0 Å². The van der Waals surface area contributed by atoms with Gasteiger partial charge in [0, 0.05) is 0 Å². The Bertz CT molecular complexity index is 142. The molecule has 68 valence electrons.